The molecule has 1 aromatic rings. The first-order valence-corrected chi connectivity index (χ1v) is 7.07. The van der Waals surface area contributed by atoms with Gasteiger partial charge in [0, 0.05) is 35.9 Å². The number of hydrogen-bond donors (Lipinski definition) is 1. The van der Waals surface area contributed by atoms with Crippen LogP contribution in [0.2, 0.25) is 0 Å². The highest BCUT2D eigenvalue weighted by molar-refractivity contribution is 9.10. The van der Waals surface area contributed by atoms with Gasteiger partial charge < -0.3 is 15.4 Å². The first-order chi connectivity index (χ1) is 8.47. The van der Waals surface area contributed by atoms with E-state index in [0.717, 1.165) is 11.0 Å². The SMILES string of the molecule is COCCN(c1cc(Br)ccc1C(C)N)C(C)C. The number of ether oxygens (including phenoxy) is 1. The van der Waals surface area contributed by atoms with Gasteiger partial charge in [-0.2, -0.15) is 0 Å². The molecular weight excluding hydrogens is 292 g/mol. The molecule has 0 spiro atoms. The van der Waals surface area contributed by atoms with Crippen LogP contribution in [0.4, 0.5) is 5.69 Å². The first kappa shape index (κ1) is 15.5. The molecule has 0 radical (unpaired) electrons. The third-order valence-electron chi connectivity index (χ3n) is 2.95. The van der Waals surface area contributed by atoms with Crippen molar-refractivity contribution in [3.05, 3.63) is 28.2 Å². The van der Waals surface area contributed by atoms with Gasteiger partial charge in [-0.15, -0.1) is 0 Å². The number of hydrogen-bond acceptors (Lipinski definition) is 3. The Kier molecular flexibility index (Phi) is 6.12. The molecule has 0 aliphatic heterocycles. The molecule has 0 heterocycles. The highest BCUT2D eigenvalue weighted by atomic mass is 79.9. The van der Waals surface area contributed by atoms with E-state index in [2.05, 4.69) is 46.8 Å². The highest BCUT2D eigenvalue weighted by Gasteiger charge is 2.16. The fourth-order valence-electron chi connectivity index (χ4n) is 2.00. The lowest BCUT2D eigenvalue weighted by molar-refractivity contribution is 0.203. The summed E-state index contributed by atoms with van der Waals surface area (Å²) in [7, 11) is 1.73. The van der Waals surface area contributed by atoms with E-state index in [1.54, 1.807) is 7.11 Å². The number of rotatable bonds is 6. The molecule has 102 valence electrons. The van der Waals surface area contributed by atoms with Gasteiger partial charge in [-0.1, -0.05) is 22.0 Å². The first-order valence-electron chi connectivity index (χ1n) is 6.28. The Morgan fingerprint density at radius 1 is 1.33 bits per heavy atom. The van der Waals surface area contributed by atoms with E-state index in [0.29, 0.717) is 12.6 Å². The van der Waals surface area contributed by atoms with E-state index in [1.165, 1.54) is 11.3 Å². The molecular formula is C14H23BrN2O. The molecule has 18 heavy (non-hydrogen) atoms. The summed E-state index contributed by atoms with van der Waals surface area (Å²) in [5, 5.41) is 0. The zero-order valence-electron chi connectivity index (χ0n) is 11.6. The van der Waals surface area contributed by atoms with Crippen molar-refractivity contribution in [3.63, 3.8) is 0 Å². The van der Waals surface area contributed by atoms with Crippen LogP contribution in [0.25, 0.3) is 0 Å². The maximum absolute atomic E-state index is 6.06. The topological polar surface area (TPSA) is 38.5 Å². The maximum Gasteiger partial charge on any atom is 0.0637 e. The summed E-state index contributed by atoms with van der Waals surface area (Å²) in [6.07, 6.45) is 0. The molecule has 0 fully saturated rings. The second kappa shape index (κ2) is 7.12. The molecule has 0 aliphatic rings. The fourth-order valence-corrected chi connectivity index (χ4v) is 2.35. The Bertz CT molecular complexity index is 380. The molecule has 0 saturated heterocycles. The fraction of sp³-hybridized carbons (Fsp3) is 0.571. The Hall–Kier alpha value is -0.580. The summed E-state index contributed by atoms with van der Waals surface area (Å²) >= 11 is 3.53. The molecule has 0 amide bonds. The van der Waals surface area contributed by atoms with Gasteiger partial charge >= 0.3 is 0 Å². The average molecular weight is 315 g/mol. The van der Waals surface area contributed by atoms with Crippen molar-refractivity contribution >= 4 is 21.6 Å². The number of halogens is 1. The van der Waals surface area contributed by atoms with Crippen LogP contribution in [0, 0.1) is 0 Å². The minimum absolute atomic E-state index is 0.0249. The molecule has 0 bridgehead atoms. The van der Waals surface area contributed by atoms with Crippen molar-refractivity contribution in [1.82, 2.24) is 0 Å². The molecule has 0 aromatic heterocycles. The standard InChI is InChI=1S/C14H23BrN2O/c1-10(2)17(7-8-18-4)14-9-12(15)5-6-13(14)11(3)16/h5-6,9-11H,7-8,16H2,1-4H3. The number of nitrogens with two attached hydrogens (primary N) is 1. The second-order valence-electron chi connectivity index (χ2n) is 4.77. The van der Waals surface area contributed by atoms with Crippen LogP contribution in [-0.4, -0.2) is 26.3 Å². The minimum atomic E-state index is 0.0249. The largest absolute Gasteiger partial charge is 0.383 e. The molecule has 1 rings (SSSR count). The Balaban J connectivity index is 3.12. The van der Waals surface area contributed by atoms with E-state index in [9.17, 15) is 0 Å². The summed E-state index contributed by atoms with van der Waals surface area (Å²) in [6, 6.07) is 6.70. The van der Waals surface area contributed by atoms with Crippen molar-refractivity contribution < 1.29 is 4.74 Å². The van der Waals surface area contributed by atoms with Gasteiger partial charge in [0.2, 0.25) is 0 Å². The van der Waals surface area contributed by atoms with Crippen LogP contribution in [0.3, 0.4) is 0 Å². The molecule has 0 saturated carbocycles. The lowest BCUT2D eigenvalue weighted by atomic mass is 10.0. The Labute approximate surface area is 118 Å². The molecule has 0 aliphatic carbocycles. The summed E-state index contributed by atoms with van der Waals surface area (Å²) in [6.45, 7) is 7.96. The van der Waals surface area contributed by atoms with Crippen molar-refractivity contribution in [1.29, 1.82) is 0 Å². The van der Waals surface area contributed by atoms with Crippen molar-refractivity contribution in [3.8, 4) is 0 Å². The lowest BCUT2D eigenvalue weighted by Crippen LogP contribution is -2.35. The van der Waals surface area contributed by atoms with Crippen LogP contribution in [0.15, 0.2) is 22.7 Å². The van der Waals surface area contributed by atoms with E-state index < -0.39 is 0 Å². The summed E-state index contributed by atoms with van der Waals surface area (Å²) in [5.41, 5.74) is 8.41. The monoisotopic (exact) mass is 314 g/mol. The van der Waals surface area contributed by atoms with Gasteiger partial charge in [-0.25, -0.2) is 0 Å². The molecule has 1 atom stereocenters. The molecule has 3 nitrogen and oxygen atoms in total. The van der Waals surface area contributed by atoms with E-state index in [-0.39, 0.29) is 6.04 Å². The van der Waals surface area contributed by atoms with Gasteiger partial charge in [0.15, 0.2) is 0 Å². The zero-order valence-corrected chi connectivity index (χ0v) is 13.2. The maximum atomic E-state index is 6.06. The predicted octanol–water partition coefficient (Wildman–Crippen LogP) is 3.33. The molecule has 1 unspecified atom stereocenters. The van der Waals surface area contributed by atoms with Crippen molar-refractivity contribution in [2.45, 2.75) is 32.9 Å². The van der Waals surface area contributed by atoms with Crippen LogP contribution >= 0.6 is 15.9 Å². The van der Waals surface area contributed by atoms with Gasteiger partial charge in [0.25, 0.3) is 0 Å². The van der Waals surface area contributed by atoms with E-state index >= 15 is 0 Å². The van der Waals surface area contributed by atoms with E-state index in [1.807, 2.05) is 13.0 Å². The smallest absolute Gasteiger partial charge is 0.0637 e. The van der Waals surface area contributed by atoms with Crippen molar-refractivity contribution in [2.24, 2.45) is 5.73 Å². The number of nitrogens with zero attached hydrogens (tertiary/aromatic N) is 1. The number of benzene rings is 1. The lowest BCUT2D eigenvalue weighted by Gasteiger charge is -2.31. The van der Waals surface area contributed by atoms with Gasteiger partial charge in [0.1, 0.15) is 0 Å². The van der Waals surface area contributed by atoms with Crippen LogP contribution in [0.5, 0.6) is 0 Å². The summed E-state index contributed by atoms with van der Waals surface area (Å²) < 4.78 is 6.26. The number of anilines is 1. The van der Waals surface area contributed by atoms with E-state index in [4.69, 9.17) is 10.5 Å². The molecule has 1 aromatic carbocycles. The number of methoxy groups -OCH3 is 1. The predicted molar refractivity (Wildman–Crippen MR) is 81.1 cm³/mol. The molecule has 4 heteroatoms. The van der Waals surface area contributed by atoms with Gasteiger partial charge in [-0.05, 0) is 38.5 Å². The van der Waals surface area contributed by atoms with Crippen LogP contribution in [-0.2, 0) is 4.74 Å². The third-order valence-corrected chi connectivity index (χ3v) is 3.45. The summed E-state index contributed by atoms with van der Waals surface area (Å²) in [4.78, 5) is 2.33. The zero-order chi connectivity index (χ0) is 13.7. The Morgan fingerprint density at radius 2 is 2.00 bits per heavy atom. The van der Waals surface area contributed by atoms with Gasteiger partial charge in [-0.3, -0.25) is 0 Å². The normalized spacial score (nSPS) is 12.8. The quantitative estimate of drug-likeness (QED) is 0.875. The van der Waals surface area contributed by atoms with Crippen molar-refractivity contribution in [2.75, 3.05) is 25.2 Å². The van der Waals surface area contributed by atoms with Crippen LogP contribution < -0.4 is 10.6 Å². The third kappa shape index (κ3) is 3.97. The minimum Gasteiger partial charge on any atom is -0.383 e. The van der Waals surface area contributed by atoms with Gasteiger partial charge in [0.05, 0.1) is 6.61 Å². The summed E-state index contributed by atoms with van der Waals surface area (Å²) in [5.74, 6) is 0. The second-order valence-corrected chi connectivity index (χ2v) is 5.69. The molecule has 2 N–H and O–H groups in total. The Morgan fingerprint density at radius 3 is 2.50 bits per heavy atom. The van der Waals surface area contributed by atoms with Crippen LogP contribution in [0.1, 0.15) is 32.4 Å². The average Bonchev–Trinajstić information content (AvgIpc) is 2.28. The highest BCUT2D eigenvalue weighted by Crippen LogP contribution is 2.30.